The van der Waals surface area contributed by atoms with Crippen molar-refractivity contribution in [3.63, 3.8) is 0 Å². The second kappa shape index (κ2) is 4.38. The molecular weight excluding hydrogens is 218 g/mol. The predicted octanol–water partition coefficient (Wildman–Crippen LogP) is 1.91. The van der Waals surface area contributed by atoms with Crippen LogP contribution in [0.3, 0.4) is 0 Å². The molecule has 0 radical (unpaired) electrons. The first kappa shape index (κ1) is 11.2. The van der Waals surface area contributed by atoms with Crippen LogP contribution in [0.1, 0.15) is 56.8 Å². The fourth-order valence-electron chi connectivity index (χ4n) is 2.60. The Labute approximate surface area is 101 Å². The van der Waals surface area contributed by atoms with Crippen LogP contribution in [0.5, 0.6) is 0 Å². The van der Waals surface area contributed by atoms with E-state index in [9.17, 15) is 0 Å². The summed E-state index contributed by atoms with van der Waals surface area (Å²) in [5.74, 6) is 1.42. The highest BCUT2D eigenvalue weighted by atomic mass is 16.5. The van der Waals surface area contributed by atoms with Gasteiger partial charge < -0.3 is 14.6 Å². The molecule has 0 bridgehead atoms. The van der Waals surface area contributed by atoms with Gasteiger partial charge in [0.05, 0.1) is 6.04 Å². The first-order chi connectivity index (χ1) is 8.28. The van der Waals surface area contributed by atoms with Crippen molar-refractivity contribution in [1.82, 2.24) is 15.5 Å². The molecule has 0 aliphatic carbocycles. The van der Waals surface area contributed by atoms with Gasteiger partial charge in [0.1, 0.15) is 5.60 Å². The molecule has 2 unspecified atom stereocenters. The fourth-order valence-corrected chi connectivity index (χ4v) is 2.60. The monoisotopic (exact) mass is 237 g/mol. The molecule has 1 aromatic rings. The average molecular weight is 237 g/mol. The highest BCUT2D eigenvalue weighted by Crippen LogP contribution is 2.34. The first-order valence-electron chi connectivity index (χ1n) is 6.49. The first-order valence-corrected chi connectivity index (χ1v) is 6.49. The van der Waals surface area contributed by atoms with Gasteiger partial charge in [-0.25, -0.2) is 0 Å². The zero-order chi connectivity index (χ0) is 11.7. The van der Waals surface area contributed by atoms with Crippen LogP contribution in [-0.4, -0.2) is 23.3 Å². The smallest absolute Gasteiger partial charge is 0.258 e. The van der Waals surface area contributed by atoms with E-state index >= 15 is 0 Å². The maximum atomic E-state index is 5.81. The maximum absolute atomic E-state index is 5.81. The molecule has 2 aliphatic rings. The maximum Gasteiger partial charge on any atom is 0.258 e. The summed E-state index contributed by atoms with van der Waals surface area (Å²) in [6, 6.07) is 0.264. The van der Waals surface area contributed by atoms with E-state index in [-0.39, 0.29) is 11.6 Å². The molecule has 5 nitrogen and oxygen atoms in total. The van der Waals surface area contributed by atoms with Crippen LogP contribution >= 0.6 is 0 Å². The van der Waals surface area contributed by atoms with Gasteiger partial charge in [0.15, 0.2) is 5.82 Å². The van der Waals surface area contributed by atoms with Gasteiger partial charge in [-0.2, -0.15) is 4.98 Å². The number of nitrogens with zero attached hydrogens (tertiary/aromatic N) is 2. The molecule has 1 aromatic heterocycles. The minimum Gasteiger partial charge on any atom is -0.365 e. The molecule has 2 aliphatic heterocycles. The van der Waals surface area contributed by atoms with Crippen LogP contribution in [-0.2, 0) is 10.3 Å². The van der Waals surface area contributed by atoms with Crippen LogP contribution < -0.4 is 5.32 Å². The lowest BCUT2D eigenvalue weighted by molar-refractivity contribution is -0.0891. The van der Waals surface area contributed by atoms with Gasteiger partial charge >= 0.3 is 0 Å². The van der Waals surface area contributed by atoms with Gasteiger partial charge in [-0.05, 0) is 45.6 Å². The molecule has 94 valence electrons. The van der Waals surface area contributed by atoms with E-state index < -0.39 is 0 Å². The summed E-state index contributed by atoms with van der Waals surface area (Å²) < 4.78 is 11.2. The Bertz CT molecular complexity index is 379. The Morgan fingerprint density at radius 1 is 1.35 bits per heavy atom. The second-order valence-electron chi connectivity index (χ2n) is 5.14. The summed E-state index contributed by atoms with van der Waals surface area (Å²) >= 11 is 0. The molecule has 17 heavy (non-hydrogen) atoms. The van der Waals surface area contributed by atoms with Gasteiger partial charge in [-0.15, -0.1) is 0 Å². The summed E-state index contributed by atoms with van der Waals surface area (Å²) in [4.78, 5) is 4.52. The molecule has 0 amide bonds. The quantitative estimate of drug-likeness (QED) is 0.851. The SMILES string of the molecule is CC1(c2nc(C3CCCN3)no2)CCCCO1. The van der Waals surface area contributed by atoms with Gasteiger partial charge in [0, 0.05) is 6.61 Å². The van der Waals surface area contributed by atoms with Crippen LogP contribution in [0.2, 0.25) is 0 Å². The molecule has 2 fully saturated rings. The molecule has 3 heterocycles. The molecule has 0 aromatic carbocycles. The van der Waals surface area contributed by atoms with E-state index in [0.29, 0.717) is 5.89 Å². The van der Waals surface area contributed by atoms with Crippen molar-refractivity contribution in [2.45, 2.75) is 50.7 Å². The van der Waals surface area contributed by atoms with Crippen molar-refractivity contribution >= 4 is 0 Å². The summed E-state index contributed by atoms with van der Waals surface area (Å²) in [6.07, 6.45) is 5.53. The minimum atomic E-state index is -0.373. The van der Waals surface area contributed by atoms with Crippen LogP contribution in [0, 0.1) is 0 Å². The fraction of sp³-hybridized carbons (Fsp3) is 0.833. The van der Waals surface area contributed by atoms with Crippen molar-refractivity contribution in [3.05, 3.63) is 11.7 Å². The Hall–Kier alpha value is -0.940. The zero-order valence-corrected chi connectivity index (χ0v) is 10.2. The molecule has 5 heteroatoms. The highest BCUT2D eigenvalue weighted by Gasteiger charge is 2.36. The number of hydrogen-bond acceptors (Lipinski definition) is 5. The number of rotatable bonds is 2. The topological polar surface area (TPSA) is 60.2 Å². The molecule has 2 saturated heterocycles. The van der Waals surface area contributed by atoms with Crippen LogP contribution in [0.25, 0.3) is 0 Å². The van der Waals surface area contributed by atoms with E-state index in [1.54, 1.807) is 0 Å². The number of hydrogen-bond donors (Lipinski definition) is 1. The summed E-state index contributed by atoms with van der Waals surface area (Å²) in [5.41, 5.74) is -0.373. The van der Waals surface area contributed by atoms with Crippen molar-refractivity contribution < 1.29 is 9.26 Å². The Morgan fingerprint density at radius 2 is 2.29 bits per heavy atom. The van der Waals surface area contributed by atoms with Crippen LogP contribution in [0.4, 0.5) is 0 Å². The number of nitrogens with one attached hydrogen (secondary N) is 1. The lowest BCUT2D eigenvalue weighted by Gasteiger charge is -2.29. The Balaban J connectivity index is 1.78. The van der Waals surface area contributed by atoms with Gasteiger partial charge in [0.2, 0.25) is 0 Å². The normalized spacial score (nSPS) is 34.1. The Kier molecular flexibility index (Phi) is 2.88. The second-order valence-corrected chi connectivity index (χ2v) is 5.14. The summed E-state index contributed by atoms with van der Waals surface area (Å²) in [6.45, 7) is 3.88. The molecule has 1 N–H and O–H groups in total. The van der Waals surface area contributed by atoms with Crippen molar-refractivity contribution in [2.24, 2.45) is 0 Å². The zero-order valence-electron chi connectivity index (χ0n) is 10.2. The number of aromatic nitrogens is 2. The third-order valence-electron chi connectivity index (χ3n) is 3.73. The van der Waals surface area contributed by atoms with E-state index in [0.717, 1.165) is 44.7 Å². The van der Waals surface area contributed by atoms with Crippen molar-refractivity contribution in [3.8, 4) is 0 Å². The van der Waals surface area contributed by atoms with Crippen molar-refractivity contribution in [1.29, 1.82) is 0 Å². The highest BCUT2D eigenvalue weighted by molar-refractivity contribution is 5.03. The molecule has 0 spiro atoms. The van der Waals surface area contributed by atoms with E-state index in [1.807, 2.05) is 6.92 Å². The number of ether oxygens (including phenoxy) is 1. The van der Waals surface area contributed by atoms with Crippen LogP contribution in [0.15, 0.2) is 4.52 Å². The van der Waals surface area contributed by atoms with Gasteiger partial charge in [-0.1, -0.05) is 5.16 Å². The predicted molar refractivity (Wildman–Crippen MR) is 61.4 cm³/mol. The van der Waals surface area contributed by atoms with Gasteiger partial charge in [-0.3, -0.25) is 0 Å². The Morgan fingerprint density at radius 3 is 3.00 bits per heavy atom. The largest absolute Gasteiger partial charge is 0.365 e. The van der Waals surface area contributed by atoms with E-state index in [2.05, 4.69) is 15.5 Å². The summed E-state index contributed by atoms with van der Waals surface area (Å²) in [7, 11) is 0. The van der Waals surface area contributed by atoms with E-state index in [4.69, 9.17) is 9.26 Å². The average Bonchev–Trinajstić information content (AvgIpc) is 3.01. The third-order valence-corrected chi connectivity index (χ3v) is 3.73. The summed E-state index contributed by atoms with van der Waals surface area (Å²) in [5, 5.41) is 7.47. The molecule has 3 rings (SSSR count). The molecular formula is C12H19N3O2. The molecule has 2 atom stereocenters. The minimum absolute atomic E-state index is 0.264. The molecule has 0 saturated carbocycles. The van der Waals surface area contributed by atoms with Crippen molar-refractivity contribution in [2.75, 3.05) is 13.2 Å². The third kappa shape index (κ3) is 2.09. The lowest BCUT2D eigenvalue weighted by atomic mass is 9.96. The lowest BCUT2D eigenvalue weighted by Crippen LogP contribution is -2.30. The van der Waals surface area contributed by atoms with Gasteiger partial charge in [0.25, 0.3) is 5.89 Å². The van der Waals surface area contributed by atoms with E-state index in [1.165, 1.54) is 6.42 Å². The standard InChI is InChI=1S/C12H19N3O2/c1-12(6-2-3-8-16-12)11-14-10(15-17-11)9-5-4-7-13-9/h9,13H,2-8H2,1H3.